The SMILES string of the molecule is CC(C)CNCC(CCc1cc(Br)cs1)c1ccccc1. The summed E-state index contributed by atoms with van der Waals surface area (Å²) in [7, 11) is 0. The Morgan fingerprint density at radius 1 is 1.14 bits per heavy atom. The molecular weight excluding hydrogens is 342 g/mol. The number of thiophene rings is 1. The van der Waals surface area contributed by atoms with Crippen molar-refractivity contribution in [1.29, 1.82) is 0 Å². The summed E-state index contributed by atoms with van der Waals surface area (Å²) in [6, 6.07) is 13.1. The highest BCUT2D eigenvalue weighted by atomic mass is 79.9. The predicted octanol–water partition coefficient (Wildman–Crippen LogP) is 5.47. The maximum Gasteiger partial charge on any atom is 0.0285 e. The van der Waals surface area contributed by atoms with Crippen LogP contribution in [0.15, 0.2) is 46.3 Å². The molecule has 3 heteroatoms. The van der Waals surface area contributed by atoms with Gasteiger partial charge in [0.25, 0.3) is 0 Å². The van der Waals surface area contributed by atoms with Gasteiger partial charge < -0.3 is 5.32 Å². The van der Waals surface area contributed by atoms with Crippen LogP contribution in [0.3, 0.4) is 0 Å². The van der Waals surface area contributed by atoms with Crippen molar-refractivity contribution in [3.05, 3.63) is 56.7 Å². The average Bonchev–Trinajstić information content (AvgIpc) is 2.89. The second kappa shape index (κ2) is 8.72. The third-order valence-electron chi connectivity index (χ3n) is 3.58. The van der Waals surface area contributed by atoms with E-state index >= 15 is 0 Å². The minimum atomic E-state index is 0.589. The normalized spacial score (nSPS) is 12.8. The summed E-state index contributed by atoms with van der Waals surface area (Å²) >= 11 is 5.39. The molecule has 1 aromatic heterocycles. The van der Waals surface area contributed by atoms with E-state index in [1.54, 1.807) is 0 Å². The number of hydrogen-bond donors (Lipinski definition) is 1. The van der Waals surface area contributed by atoms with Gasteiger partial charge in [0.15, 0.2) is 0 Å². The molecule has 1 N–H and O–H groups in total. The van der Waals surface area contributed by atoms with Crippen LogP contribution in [0.4, 0.5) is 0 Å². The number of halogens is 1. The Bertz CT molecular complexity index is 521. The maximum atomic E-state index is 3.62. The van der Waals surface area contributed by atoms with E-state index in [2.05, 4.69) is 76.9 Å². The van der Waals surface area contributed by atoms with Gasteiger partial charge in [-0.2, -0.15) is 0 Å². The molecule has 0 aliphatic carbocycles. The number of benzene rings is 1. The molecule has 2 rings (SSSR count). The van der Waals surface area contributed by atoms with Gasteiger partial charge in [-0.15, -0.1) is 11.3 Å². The molecule has 0 amide bonds. The molecule has 0 aliphatic heterocycles. The molecule has 21 heavy (non-hydrogen) atoms. The molecule has 0 saturated heterocycles. The molecular formula is C18H24BrNS. The lowest BCUT2D eigenvalue weighted by molar-refractivity contribution is 0.501. The Hall–Kier alpha value is -0.640. The highest BCUT2D eigenvalue weighted by molar-refractivity contribution is 9.10. The van der Waals surface area contributed by atoms with Crippen molar-refractivity contribution in [1.82, 2.24) is 5.32 Å². The van der Waals surface area contributed by atoms with Crippen molar-refractivity contribution >= 4 is 27.3 Å². The van der Waals surface area contributed by atoms with E-state index in [-0.39, 0.29) is 0 Å². The molecule has 1 heterocycles. The standard InChI is InChI=1S/C18H24BrNS/c1-14(2)11-20-12-16(15-6-4-3-5-7-15)8-9-18-10-17(19)13-21-18/h3-7,10,13-14,16,20H,8-9,11-12H2,1-2H3. The van der Waals surface area contributed by atoms with Crippen molar-refractivity contribution in [2.75, 3.05) is 13.1 Å². The molecule has 114 valence electrons. The predicted molar refractivity (Wildman–Crippen MR) is 97.2 cm³/mol. The number of rotatable bonds is 8. The Morgan fingerprint density at radius 2 is 1.90 bits per heavy atom. The Kier molecular flexibility index (Phi) is 6.94. The van der Waals surface area contributed by atoms with Crippen LogP contribution in [0.25, 0.3) is 0 Å². The van der Waals surface area contributed by atoms with Crippen LogP contribution in [0.1, 0.15) is 36.6 Å². The van der Waals surface area contributed by atoms with E-state index in [1.165, 1.54) is 21.3 Å². The Morgan fingerprint density at radius 3 is 2.52 bits per heavy atom. The fourth-order valence-corrected chi connectivity index (χ4v) is 3.93. The van der Waals surface area contributed by atoms with Crippen LogP contribution in [-0.4, -0.2) is 13.1 Å². The summed E-state index contributed by atoms with van der Waals surface area (Å²) in [6.45, 7) is 6.67. The zero-order valence-electron chi connectivity index (χ0n) is 12.8. The molecule has 1 aromatic carbocycles. The first kappa shape index (κ1) is 16.7. The Labute approximate surface area is 140 Å². The molecule has 0 aliphatic rings. The summed E-state index contributed by atoms with van der Waals surface area (Å²) in [5, 5.41) is 5.79. The van der Waals surface area contributed by atoms with Crippen LogP contribution in [-0.2, 0) is 6.42 Å². The van der Waals surface area contributed by atoms with Crippen LogP contribution in [0, 0.1) is 5.92 Å². The van der Waals surface area contributed by atoms with E-state index in [0.717, 1.165) is 19.5 Å². The van der Waals surface area contributed by atoms with Crippen LogP contribution >= 0.6 is 27.3 Å². The molecule has 0 spiro atoms. The van der Waals surface area contributed by atoms with Crippen molar-refractivity contribution in [2.45, 2.75) is 32.6 Å². The molecule has 2 aromatic rings. The zero-order valence-corrected chi connectivity index (χ0v) is 15.2. The number of nitrogens with one attached hydrogen (secondary N) is 1. The highest BCUT2D eigenvalue weighted by Crippen LogP contribution is 2.25. The van der Waals surface area contributed by atoms with Gasteiger partial charge in [-0.3, -0.25) is 0 Å². The van der Waals surface area contributed by atoms with E-state index in [0.29, 0.717) is 11.8 Å². The van der Waals surface area contributed by atoms with Gasteiger partial charge in [-0.05, 0) is 58.8 Å². The smallest absolute Gasteiger partial charge is 0.0285 e. The van der Waals surface area contributed by atoms with Crippen molar-refractivity contribution in [3.8, 4) is 0 Å². The lowest BCUT2D eigenvalue weighted by Gasteiger charge is -2.19. The zero-order chi connectivity index (χ0) is 15.1. The van der Waals surface area contributed by atoms with E-state index in [1.807, 2.05) is 11.3 Å². The van der Waals surface area contributed by atoms with Crippen LogP contribution in [0.5, 0.6) is 0 Å². The molecule has 1 nitrogen and oxygen atoms in total. The minimum Gasteiger partial charge on any atom is -0.316 e. The van der Waals surface area contributed by atoms with Gasteiger partial charge in [-0.25, -0.2) is 0 Å². The first-order valence-electron chi connectivity index (χ1n) is 7.63. The van der Waals surface area contributed by atoms with Crippen LogP contribution < -0.4 is 5.32 Å². The maximum absolute atomic E-state index is 3.62. The van der Waals surface area contributed by atoms with Crippen molar-refractivity contribution in [3.63, 3.8) is 0 Å². The number of aryl methyl sites for hydroxylation is 1. The van der Waals surface area contributed by atoms with E-state index in [9.17, 15) is 0 Å². The fourth-order valence-electron chi connectivity index (χ4n) is 2.46. The van der Waals surface area contributed by atoms with Gasteiger partial charge in [0.05, 0.1) is 0 Å². The third-order valence-corrected chi connectivity index (χ3v) is 5.33. The molecule has 0 saturated carbocycles. The summed E-state index contributed by atoms with van der Waals surface area (Å²) in [4.78, 5) is 1.46. The molecule has 1 unspecified atom stereocenters. The van der Waals surface area contributed by atoms with Gasteiger partial charge in [0, 0.05) is 21.3 Å². The summed E-state index contributed by atoms with van der Waals surface area (Å²) < 4.78 is 1.21. The third kappa shape index (κ3) is 5.93. The molecule has 1 atom stereocenters. The van der Waals surface area contributed by atoms with Crippen LogP contribution in [0.2, 0.25) is 0 Å². The highest BCUT2D eigenvalue weighted by Gasteiger charge is 2.12. The minimum absolute atomic E-state index is 0.589. The molecule has 0 radical (unpaired) electrons. The fraction of sp³-hybridized carbons (Fsp3) is 0.444. The largest absolute Gasteiger partial charge is 0.316 e. The first-order chi connectivity index (χ1) is 10.1. The van der Waals surface area contributed by atoms with E-state index in [4.69, 9.17) is 0 Å². The number of hydrogen-bond acceptors (Lipinski definition) is 2. The summed E-state index contributed by atoms with van der Waals surface area (Å²) in [5.74, 6) is 1.29. The van der Waals surface area contributed by atoms with Gasteiger partial charge in [-0.1, -0.05) is 44.2 Å². The molecule has 0 bridgehead atoms. The topological polar surface area (TPSA) is 12.0 Å². The molecule has 0 fully saturated rings. The summed E-state index contributed by atoms with van der Waals surface area (Å²) in [6.07, 6.45) is 2.35. The second-order valence-electron chi connectivity index (χ2n) is 5.93. The van der Waals surface area contributed by atoms with Crippen molar-refractivity contribution in [2.24, 2.45) is 5.92 Å². The quantitative estimate of drug-likeness (QED) is 0.653. The first-order valence-corrected chi connectivity index (χ1v) is 9.31. The second-order valence-corrected chi connectivity index (χ2v) is 7.84. The van der Waals surface area contributed by atoms with Gasteiger partial charge in [0.1, 0.15) is 0 Å². The van der Waals surface area contributed by atoms with Crippen molar-refractivity contribution < 1.29 is 0 Å². The monoisotopic (exact) mass is 365 g/mol. The average molecular weight is 366 g/mol. The lowest BCUT2D eigenvalue weighted by Crippen LogP contribution is -2.25. The summed E-state index contributed by atoms with van der Waals surface area (Å²) in [5.41, 5.74) is 1.45. The lowest BCUT2D eigenvalue weighted by atomic mass is 9.93. The van der Waals surface area contributed by atoms with E-state index < -0.39 is 0 Å². The van der Waals surface area contributed by atoms with Gasteiger partial charge >= 0.3 is 0 Å². The van der Waals surface area contributed by atoms with Gasteiger partial charge in [0.2, 0.25) is 0 Å². The Balaban J connectivity index is 1.94.